The number of benzene rings is 2. The fourth-order valence-electron chi connectivity index (χ4n) is 4.12. The molecule has 10 heteroatoms. The summed E-state index contributed by atoms with van der Waals surface area (Å²) in [6, 6.07) is 11.0. The molecule has 0 aliphatic carbocycles. The fraction of sp³-hybridized carbons (Fsp3) is 0.292. The number of alkyl halides is 3. The number of carboxylic acids is 1. The summed E-state index contributed by atoms with van der Waals surface area (Å²) in [6.45, 7) is 4.75. The van der Waals surface area contributed by atoms with E-state index in [2.05, 4.69) is 10.4 Å². The maximum absolute atomic E-state index is 13.2. The van der Waals surface area contributed by atoms with Gasteiger partial charge in [0.15, 0.2) is 0 Å². The number of aryl methyl sites for hydroxylation is 1. The Morgan fingerprint density at radius 1 is 1.15 bits per heavy atom. The summed E-state index contributed by atoms with van der Waals surface area (Å²) in [5.41, 5.74) is 1.56. The van der Waals surface area contributed by atoms with Crippen molar-refractivity contribution < 1.29 is 27.9 Å². The number of hydrogen-bond acceptors (Lipinski definition) is 4. The van der Waals surface area contributed by atoms with E-state index in [-0.39, 0.29) is 18.0 Å². The van der Waals surface area contributed by atoms with Crippen LogP contribution in [0.2, 0.25) is 0 Å². The second-order valence-electron chi connectivity index (χ2n) is 8.25. The molecule has 4 rings (SSSR count). The van der Waals surface area contributed by atoms with Crippen molar-refractivity contribution in [1.82, 2.24) is 15.1 Å². The van der Waals surface area contributed by atoms with Gasteiger partial charge in [-0.3, -0.25) is 4.79 Å². The zero-order valence-corrected chi connectivity index (χ0v) is 18.6. The van der Waals surface area contributed by atoms with Crippen LogP contribution in [0, 0.1) is 6.92 Å². The molecule has 1 amide bonds. The van der Waals surface area contributed by atoms with Gasteiger partial charge >= 0.3 is 12.1 Å². The van der Waals surface area contributed by atoms with Crippen molar-refractivity contribution in [2.45, 2.75) is 39.2 Å². The maximum atomic E-state index is 13.2. The second-order valence-corrected chi connectivity index (χ2v) is 8.25. The van der Waals surface area contributed by atoms with E-state index in [1.54, 1.807) is 36.7 Å². The van der Waals surface area contributed by atoms with E-state index in [1.165, 1.54) is 18.2 Å². The smallest absolute Gasteiger partial charge is 0.416 e. The molecule has 1 aromatic heterocycles. The molecular weight excluding hydrogens is 449 g/mol. The van der Waals surface area contributed by atoms with Crippen molar-refractivity contribution in [2.75, 3.05) is 11.4 Å². The average molecular weight is 472 g/mol. The molecule has 0 unspecified atom stereocenters. The molecule has 0 fully saturated rings. The summed E-state index contributed by atoms with van der Waals surface area (Å²) in [5, 5.41) is 16.4. The number of aromatic carboxylic acids is 1. The van der Waals surface area contributed by atoms with Crippen LogP contribution in [-0.2, 0) is 19.3 Å². The van der Waals surface area contributed by atoms with Crippen molar-refractivity contribution in [3.05, 3.63) is 82.0 Å². The van der Waals surface area contributed by atoms with Crippen LogP contribution in [-0.4, -0.2) is 33.3 Å². The van der Waals surface area contributed by atoms with Gasteiger partial charge in [0.05, 0.1) is 29.4 Å². The lowest BCUT2D eigenvalue weighted by atomic mass is 10.1. The summed E-state index contributed by atoms with van der Waals surface area (Å²) < 4.78 is 41.0. The molecule has 0 radical (unpaired) electrons. The number of carbonyl (C=O) groups is 2. The van der Waals surface area contributed by atoms with Gasteiger partial charge in [-0.15, -0.1) is 0 Å². The standard InChI is InChI=1S/C24H23F3N4O3/c1-14(17-6-8-18(9-7-17)23(33)34)28-21(32)20-15(2)29-31-11-10-30(22(20)31)13-16-4-3-5-19(12-16)24(25,26)27/h3-9,12,14H,10-11,13H2,1-2H3,(H,28,32)(H,33,34)/t14-/m0/s1. The van der Waals surface area contributed by atoms with E-state index < -0.39 is 23.8 Å². The molecule has 178 valence electrons. The first-order valence-corrected chi connectivity index (χ1v) is 10.7. The third-order valence-electron chi connectivity index (χ3n) is 5.84. The molecule has 2 N–H and O–H groups in total. The first-order valence-electron chi connectivity index (χ1n) is 10.7. The molecule has 0 saturated heterocycles. The first-order chi connectivity index (χ1) is 16.0. The number of amides is 1. The molecule has 1 aliphatic rings. The van der Waals surface area contributed by atoms with Crippen LogP contribution in [0.1, 0.15) is 56.1 Å². The monoisotopic (exact) mass is 472 g/mol. The molecule has 1 atom stereocenters. The van der Waals surface area contributed by atoms with Crippen molar-refractivity contribution >= 4 is 17.7 Å². The minimum absolute atomic E-state index is 0.151. The lowest BCUT2D eigenvalue weighted by Crippen LogP contribution is -2.29. The van der Waals surface area contributed by atoms with E-state index in [0.717, 1.165) is 17.7 Å². The first kappa shape index (κ1) is 23.3. The average Bonchev–Trinajstić information content (AvgIpc) is 3.31. The van der Waals surface area contributed by atoms with Crippen molar-refractivity contribution in [1.29, 1.82) is 0 Å². The highest BCUT2D eigenvalue weighted by Crippen LogP contribution is 2.33. The Balaban J connectivity index is 1.55. The van der Waals surface area contributed by atoms with Gasteiger partial charge in [0, 0.05) is 13.1 Å². The largest absolute Gasteiger partial charge is 0.478 e. The van der Waals surface area contributed by atoms with Crippen LogP contribution in [0.15, 0.2) is 48.5 Å². The predicted octanol–water partition coefficient (Wildman–Crippen LogP) is 4.42. The fourth-order valence-corrected chi connectivity index (χ4v) is 4.12. The number of carbonyl (C=O) groups excluding carboxylic acids is 1. The number of carboxylic acid groups (broad SMARTS) is 1. The van der Waals surface area contributed by atoms with Crippen molar-refractivity contribution in [2.24, 2.45) is 0 Å². The number of rotatable bonds is 6. The third kappa shape index (κ3) is 4.61. The second kappa shape index (κ2) is 8.85. The van der Waals surface area contributed by atoms with Crippen LogP contribution < -0.4 is 10.2 Å². The van der Waals surface area contributed by atoms with Crippen LogP contribution in [0.3, 0.4) is 0 Å². The lowest BCUT2D eigenvalue weighted by Gasteiger charge is -2.21. The SMILES string of the molecule is Cc1nn2c(c1C(=O)N[C@@H](C)c1ccc(C(=O)O)cc1)N(Cc1cccc(C(F)(F)F)c1)CC2. The normalized spacial score (nSPS) is 14.1. The van der Waals surface area contributed by atoms with Gasteiger partial charge in [-0.25, -0.2) is 9.48 Å². The molecule has 7 nitrogen and oxygen atoms in total. The summed E-state index contributed by atoms with van der Waals surface area (Å²) in [4.78, 5) is 26.1. The summed E-state index contributed by atoms with van der Waals surface area (Å²) >= 11 is 0. The number of nitrogens with one attached hydrogen (secondary N) is 1. The number of aromatic nitrogens is 2. The molecule has 0 bridgehead atoms. The molecule has 0 saturated carbocycles. The zero-order valence-electron chi connectivity index (χ0n) is 18.6. The Morgan fingerprint density at radius 3 is 2.50 bits per heavy atom. The number of hydrogen-bond donors (Lipinski definition) is 2. The van der Waals surface area contributed by atoms with Gasteiger partial charge in [-0.1, -0.05) is 24.3 Å². The van der Waals surface area contributed by atoms with Crippen molar-refractivity contribution in [3.8, 4) is 0 Å². The van der Waals surface area contributed by atoms with Crippen LogP contribution in [0.4, 0.5) is 19.0 Å². The Hall–Kier alpha value is -3.82. The number of nitrogens with zero attached hydrogens (tertiary/aromatic N) is 3. The number of fused-ring (bicyclic) bond motifs is 1. The molecule has 0 spiro atoms. The molecule has 3 aromatic rings. The van der Waals surface area contributed by atoms with E-state index in [0.29, 0.717) is 35.7 Å². The maximum Gasteiger partial charge on any atom is 0.416 e. The van der Waals surface area contributed by atoms with E-state index in [1.807, 2.05) is 4.90 Å². The Morgan fingerprint density at radius 2 is 1.85 bits per heavy atom. The van der Waals surface area contributed by atoms with E-state index >= 15 is 0 Å². The molecular formula is C24H23F3N4O3. The van der Waals surface area contributed by atoms with Gasteiger partial charge in [0.2, 0.25) is 0 Å². The van der Waals surface area contributed by atoms with Gasteiger partial charge in [-0.05, 0) is 49.2 Å². The topological polar surface area (TPSA) is 87.5 Å². The summed E-state index contributed by atoms with van der Waals surface area (Å²) in [5.74, 6) is -0.819. The van der Waals surface area contributed by atoms with Crippen LogP contribution >= 0.6 is 0 Å². The van der Waals surface area contributed by atoms with E-state index in [4.69, 9.17) is 5.11 Å². The quantitative estimate of drug-likeness (QED) is 0.555. The highest BCUT2D eigenvalue weighted by atomic mass is 19.4. The molecule has 2 aromatic carbocycles. The third-order valence-corrected chi connectivity index (χ3v) is 5.84. The van der Waals surface area contributed by atoms with E-state index in [9.17, 15) is 22.8 Å². The van der Waals surface area contributed by atoms with Gasteiger partial charge in [0.25, 0.3) is 5.91 Å². The Kier molecular flexibility index (Phi) is 6.07. The number of halogens is 3. The molecule has 1 aliphatic heterocycles. The highest BCUT2D eigenvalue weighted by Gasteiger charge is 2.32. The van der Waals surface area contributed by atoms with Gasteiger partial charge < -0.3 is 15.3 Å². The highest BCUT2D eigenvalue weighted by molar-refractivity contribution is 6.00. The minimum atomic E-state index is -4.43. The van der Waals surface area contributed by atoms with Crippen molar-refractivity contribution in [3.63, 3.8) is 0 Å². The Bertz CT molecular complexity index is 1240. The van der Waals surface area contributed by atoms with Crippen LogP contribution in [0.5, 0.6) is 0 Å². The Labute approximate surface area is 193 Å². The molecule has 2 heterocycles. The number of anilines is 1. The summed E-state index contributed by atoms with van der Waals surface area (Å²) in [6.07, 6.45) is -4.43. The van der Waals surface area contributed by atoms with Gasteiger partial charge in [-0.2, -0.15) is 18.3 Å². The lowest BCUT2D eigenvalue weighted by molar-refractivity contribution is -0.137. The molecule has 34 heavy (non-hydrogen) atoms. The van der Waals surface area contributed by atoms with Gasteiger partial charge in [0.1, 0.15) is 11.4 Å². The zero-order chi connectivity index (χ0) is 24.6. The minimum Gasteiger partial charge on any atom is -0.478 e. The summed E-state index contributed by atoms with van der Waals surface area (Å²) in [7, 11) is 0. The van der Waals surface area contributed by atoms with Crippen LogP contribution in [0.25, 0.3) is 0 Å². The predicted molar refractivity (Wildman–Crippen MR) is 119 cm³/mol.